The largest absolute Gasteiger partial charge is 0.340 e. The highest BCUT2D eigenvalue weighted by Crippen LogP contribution is 2.24. The van der Waals surface area contributed by atoms with Crippen LogP contribution in [0.1, 0.15) is 24.8 Å². The number of sulfonamides is 1. The minimum absolute atomic E-state index is 0.00463. The number of benzene rings is 1. The molecule has 1 aliphatic rings. The Hall–Kier alpha value is -1.77. The van der Waals surface area contributed by atoms with Gasteiger partial charge in [-0.2, -0.15) is 4.31 Å². The third-order valence-corrected chi connectivity index (χ3v) is 7.87. The van der Waals surface area contributed by atoms with Crippen LogP contribution in [0.15, 0.2) is 46.0 Å². The molecule has 1 saturated heterocycles. The Morgan fingerprint density at radius 2 is 1.81 bits per heavy atom. The standard InChI is InChI=1S/C18H21FN2O3S2/c1-14(15-4-6-16(19)7-5-15)13-17(22)20-8-10-21(11-9-20)26(23,24)18-3-2-12-25-18/h2-7,12,14H,8-11,13H2,1H3. The maximum absolute atomic E-state index is 13.0. The fraction of sp³-hybridized carbons (Fsp3) is 0.389. The highest BCUT2D eigenvalue weighted by Gasteiger charge is 2.31. The predicted molar refractivity (Wildman–Crippen MR) is 99.1 cm³/mol. The van der Waals surface area contributed by atoms with E-state index in [1.807, 2.05) is 6.92 Å². The van der Waals surface area contributed by atoms with Crippen LogP contribution in [0.5, 0.6) is 0 Å². The smallest absolute Gasteiger partial charge is 0.252 e. The molecule has 140 valence electrons. The molecule has 2 aromatic rings. The second-order valence-corrected chi connectivity index (χ2v) is 9.49. The number of hydrogen-bond donors (Lipinski definition) is 0. The molecule has 1 fully saturated rings. The zero-order valence-corrected chi connectivity index (χ0v) is 16.1. The normalized spacial score (nSPS) is 17.2. The Balaban J connectivity index is 1.56. The summed E-state index contributed by atoms with van der Waals surface area (Å²) in [7, 11) is -3.46. The van der Waals surface area contributed by atoms with Gasteiger partial charge in [-0.05, 0) is 35.1 Å². The van der Waals surface area contributed by atoms with Gasteiger partial charge in [0.25, 0.3) is 10.0 Å². The fourth-order valence-corrected chi connectivity index (χ4v) is 5.58. The number of carbonyl (C=O) groups excluding carboxylic acids is 1. The van der Waals surface area contributed by atoms with E-state index in [2.05, 4.69) is 0 Å². The lowest BCUT2D eigenvalue weighted by Gasteiger charge is -2.34. The summed E-state index contributed by atoms with van der Waals surface area (Å²) in [4.78, 5) is 14.2. The maximum atomic E-state index is 13.0. The molecule has 0 spiro atoms. The summed E-state index contributed by atoms with van der Waals surface area (Å²) >= 11 is 1.20. The van der Waals surface area contributed by atoms with Crippen LogP contribution in [0.2, 0.25) is 0 Å². The number of amides is 1. The molecule has 5 nitrogen and oxygen atoms in total. The van der Waals surface area contributed by atoms with Gasteiger partial charge in [-0.15, -0.1) is 11.3 Å². The van der Waals surface area contributed by atoms with E-state index in [0.29, 0.717) is 36.8 Å². The Bertz CT molecular complexity index is 843. The van der Waals surface area contributed by atoms with Crippen molar-refractivity contribution < 1.29 is 17.6 Å². The summed E-state index contributed by atoms with van der Waals surface area (Å²) in [5.41, 5.74) is 0.915. The van der Waals surface area contributed by atoms with E-state index in [9.17, 15) is 17.6 Å². The van der Waals surface area contributed by atoms with Crippen LogP contribution in [-0.4, -0.2) is 49.7 Å². The summed E-state index contributed by atoms with van der Waals surface area (Å²) in [6.45, 7) is 3.32. The molecule has 1 aromatic carbocycles. The van der Waals surface area contributed by atoms with Gasteiger partial charge in [0.05, 0.1) is 0 Å². The summed E-state index contributed by atoms with van der Waals surface area (Å²) < 4.78 is 39.8. The molecule has 0 aliphatic carbocycles. The van der Waals surface area contributed by atoms with Gasteiger partial charge < -0.3 is 4.90 Å². The Labute approximate surface area is 157 Å². The second kappa shape index (κ2) is 7.85. The van der Waals surface area contributed by atoms with Gasteiger partial charge in [0.2, 0.25) is 5.91 Å². The van der Waals surface area contributed by atoms with Crippen LogP contribution < -0.4 is 0 Å². The highest BCUT2D eigenvalue weighted by atomic mass is 32.2. The fourth-order valence-electron chi connectivity index (χ4n) is 3.02. The van der Waals surface area contributed by atoms with Gasteiger partial charge in [0.15, 0.2) is 0 Å². The second-order valence-electron chi connectivity index (χ2n) is 6.37. The van der Waals surface area contributed by atoms with Gasteiger partial charge in [-0.1, -0.05) is 25.1 Å². The third-order valence-electron chi connectivity index (χ3n) is 4.60. The Kier molecular flexibility index (Phi) is 5.74. The van der Waals surface area contributed by atoms with E-state index in [0.717, 1.165) is 5.56 Å². The van der Waals surface area contributed by atoms with Crippen molar-refractivity contribution in [3.8, 4) is 0 Å². The van der Waals surface area contributed by atoms with Crippen LogP contribution in [0.25, 0.3) is 0 Å². The predicted octanol–water partition coefficient (Wildman–Crippen LogP) is 2.91. The number of rotatable bonds is 5. The highest BCUT2D eigenvalue weighted by molar-refractivity contribution is 7.91. The van der Waals surface area contributed by atoms with Crippen LogP contribution >= 0.6 is 11.3 Å². The van der Waals surface area contributed by atoms with Crippen LogP contribution in [0.3, 0.4) is 0 Å². The molecule has 8 heteroatoms. The van der Waals surface area contributed by atoms with E-state index in [1.54, 1.807) is 34.5 Å². The van der Waals surface area contributed by atoms with E-state index in [-0.39, 0.29) is 17.6 Å². The van der Waals surface area contributed by atoms with Gasteiger partial charge in [0, 0.05) is 32.6 Å². The van der Waals surface area contributed by atoms with Crippen molar-refractivity contribution in [3.05, 3.63) is 53.2 Å². The molecule has 0 radical (unpaired) electrons. The van der Waals surface area contributed by atoms with Crippen LogP contribution in [-0.2, 0) is 14.8 Å². The molecule has 1 aliphatic heterocycles. The van der Waals surface area contributed by atoms with Gasteiger partial charge in [-0.25, -0.2) is 12.8 Å². The molecule has 1 amide bonds. The van der Waals surface area contributed by atoms with Gasteiger partial charge >= 0.3 is 0 Å². The lowest BCUT2D eigenvalue weighted by atomic mass is 9.97. The lowest BCUT2D eigenvalue weighted by molar-refractivity contribution is -0.132. The van der Waals surface area contributed by atoms with Crippen molar-refractivity contribution in [3.63, 3.8) is 0 Å². The summed E-state index contributed by atoms with van der Waals surface area (Å²) in [5.74, 6) is -0.318. The topological polar surface area (TPSA) is 57.7 Å². The minimum atomic E-state index is -3.46. The van der Waals surface area contributed by atoms with Crippen molar-refractivity contribution in [1.29, 1.82) is 0 Å². The molecule has 3 rings (SSSR count). The van der Waals surface area contributed by atoms with Crippen LogP contribution in [0, 0.1) is 5.82 Å². The first-order valence-corrected chi connectivity index (χ1v) is 10.8. The number of piperazine rings is 1. The Morgan fingerprint density at radius 3 is 2.38 bits per heavy atom. The molecule has 0 bridgehead atoms. The molecule has 0 N–H and O–H groups in total. The molecule has 1 unspecified atom stereocenters. The maximum Gasteiger partial charge on any atom is 0.252 e. The quantitative estimate of drug-likeness (QED) is 0.781. The van der Waals surface area contributed by atoms with Crippen molar-refractivity contribution in [2.75, 3.05) is 26.2 Å². The van der Waals surface area contributed by atoms with Crippen molar-refractivity contribution >= 4 is 27.3 Å². The molecule has 2 heterocycles. The van der Waals surface area contributed by atoms with Gasteiger partial charge in [0.1, 0.15) is 10.0 Å². The number of thiophene rings is 1. The van der Waals surface area contributed by atoms with Crippen LogP contribution in [0.4, 0.5) is 4.39 Å². The molecule has 1 atom stereocenters. The molecule has 1 aromatic heterocycles. The third kappa shape index (κ3) is 4.13. The minimum Gasteiger partial charge on any atom is -0.340 e. The first kappa shape index (κ1) is 19.0. The number of halogens is 1. The van der Waals surface area contributed by atoms with E-state index in [1.165, 1.54) is 27.8 Å². The number of carbonyl (C=O) groups is 1. The molecular weight excluding hydrogens is 375 g/mol. The molecular formula is C18H21FN2O3S2. The van der Waals surface area contributed by atoms with Crippen molar-refractivity contribution in [2.24, 2.45) is 0 Å². The zero-order chi connectivity index (χ0) is 18.7. The van der Waals surface area contributed by atoms with E-state index >= 15 is 0 Å². The summed E-state index contributed by atoms with van der Waals surface area (Å²) in [5, 5.41) is 1.74. The SMILES string of the molecule is CC(CC(=O)N1CCN(S(=O)(=O)c2cccs2)CC1)c1ccc(F)cc1. The zero-order valence-electron chi connectivity index (χ0n) is 14.5. The monoisotopic (exact) mass is 396 g/mol. The summed E-state index contributed by atoms with van der Waals surface area (Å²) in [6.07, 6.45) is 0.323. The number of hydrogen-bond acceptors (Lipinski definition) is 4. The van der Waals surface area contributed by atoms with Gasteiger partial charge in [-0.3, -0.25) is 4.79 Å². The van der Waals surface area contributed by atoms with Crippen molar-refractivity contribution in [1.82, 2.24) is 9.21 Å². The molecule has 0 saturated carbocycles. The summed E-state index contributed by atoms with van der Waals surface area (Å²) in [6, 6.07) is 9.49. The average molecular weight is 397 g/mol. The molecule has 26 heavy (non-hydrogen) atoms. The first-order valence-electron chi connectivity index (χ1n) is 8.45. The van der Waals surface area contributed by atoms with E-state index < -0.39 is 10.0 Å². The first-order chi connectivity index (χ1) is 12.4. The number of nitrogens with zero attached hydrogens (tertiary/aromatic N) is 2. The Morgan fingerprint density at radius 1 is 1.15 bits per heavy atom. The average Bonchev–Trinajstić information content (AvgIpc) is 3.18. The van der Waals surface area contributed by atoms with Crippen molar-refractivity contribution in [2.45, 2.75) is 23.5 Å². The van der Waals surface area contributed by atoms with E-state index in [4.69, 9.17) is 0 Å². The lowest BCUT2D eigenvalue weighted by Crippen LogP contribution is -2.50.